The van der Waals surface area contributed by atoms with Crippen LogP contribution in [0.5, 0.6) is 0 Å². The average molecular weight is 340 g/mol. The van der Waals surface area contributed by atoms with Crippen LogP contribution >= 0.6 is 0 Å². The molecule has 24 heavy (non-hydrogen) atoms. The molecule has 1 fully saturated rings. The summed E-state index contributed by atoms with van der Waals surface area (Å²) in [5.41, 5.74) is -0.0315. The van der Waals surface area contributed by atoms with Crippen LogP contribution in [0, 0.1) is 5.92 Å². The quantitative estimate of drug-likeness (QED) is 0.730. The monoisotopic (exact) mass is 340 g/mol. The molecule has 6 heteroatoms. The minimum absolute atomic E-state index is 0.0532. The maximum absolute atomic E-state index is 13.3. The molecule has 0 aliphatic heterocycles. The number of hydrogen-bond acceptors (Lipinski definition) is 3. The standard InChI is InChI=1S/C18H23F3N2O/c1-11(2)17-23-15-9-13(10-22-7-6-12-4-3-5-12)8-14(16(15)24-17)18(19,20)21/h8-9,11-12,22H,3-7,10H2,1-2H3. The SMILES string of the molecule is CC(C)c1nc2cc(CNCCC3CCC3)cc(C(F)(F)F)c2o1. The van der Waals surface area contributed by atoms with Crippen LogP contribution in [0.1, 0.15) is 62.5 Å². The zero-order valence-corrected chi connectivity index (χ0v) is 14.0. The first-order valence-corrected chi connectivity index (χ1v) is 8.56. The molecule has 0 saturated heterocycles. The summed E-state index contributed by atoms with van der Waals surface area (Å²) < 4.78 is 45.4. The molecule has 0 unspecified atom stereocenters. The molecule has 0 amide bonds. The highest BCUT2D eigenvalue weighted by Gasteiger charge is 2.35. The van der Waals surface area contributed by atoms with E-state index in [-0.39, 0.29) is 17.0 Å². The number of rotatable bonds is 6. The van der Waals surface area contributed by atoms with Gasteiger partial charge < -0.3 is 9.73 Å². The summed E-state index contributed by atoms with van der Waals surface area (Å²) in [6.07, 6.45) is 0.510. The van der Waals surface area contributed by atoms with Crippen LogP contribution in [-0.2, 0) is 12.7 Å². The fourth-order valence-corrected chi connectivity index (χ4v) is 2.99. The van der Waals surface area contributed by atoms with E-state index in [9.17, 15) is 13.2 Å². The van der Waals surface area contributed by atoms with E-state index >= 15 is 0 Å². The Morgan fingerprint density at radius 1 is 1.29 bits per heavy atom. The summed E-state index contributed by atoms with van der Waals surface area (Å²) in [6, 6.07) is 2.87. The molecule has 2 aromatic rings. The normalized spacial score (nSPS) is 16.1. The Kier molecular flexibility index (Phi) is 4.85. The number of nitrogens with one attached hydrogen (secondary N) is 1. The van der Waals surface area contributed by atoms with Crippen LogP contribution in [0.3, 0.4) is 0 Å². The molecule has 3 nitrogen and oxygen atoms in total. The maximum Gasteiger partial charge on any atom is 0.420 e. The van der Waals surface area contributed by atoms with Gasteiger partial charge in [-0.2, -0.15) is 13.2 Å². The fraction of sp³-hybridized carbons (Fsp3) is 0.611. The number of nitrogens with zero attached hydrogens (tertiary/aromatic N) is 1. The molecule has 3 rings (SSSR count). The van der Waals surface area contributed by atoms with Crippen molar-refractivity contribution in [3.05, 3.63) is 29.2 Å². The molecule has 132 valence electrons. The number of hydrogen-bond donors (Lipinski definition) is 1. The summed E-state index contributed by atoms with van der Waals surface area (Å²) in [5.74, 6) is 1.07. The zero-order chi connectivity index (χ0) is 17.3. The van der Waals surface area contributed by atoms with Gasteiger partial charge in [0.25, 0.3) is 0 Å². The van der Waals surface area contributed by atoms with E-state index in [1.165, 1.54) is 25.3 Å². The lowest BCUT2D eigenvalue weighted by Gasteiger charge is -2.25. The van der Waals surface area contributed by atoms with Crippen molar-refractivity contribution in [1.82, 2.24) is 10.3 Å². The highest BCUT2D eigenvalue weighted by Crippen LogP contribution is 2.37. The van der Waals surface area contributed by atoms with E-state index in [4.69, 9.17) is 4.42 Å². The van der Waals surface area contributed by atoms with Gasteiger partial charge in [0.1, 0.15) is 11.1 Å². The van der Waals surface area contributed by atoms with Crippen LogP contribution in [0.4, 0.5) is 13.2 Å². The average Bonchev–Trinajstić information content (AvgIpc) is 2.87. The van der Waals surface area contributed by atoms with Crippen LogP contribution < -0.4 is 5.32 Å². The molecule has 0 atom stereocenters. The van der Waals surface area contributed by atoms with Crippen molar-refractivity contribution in [3.63, 3.8) is 0 Å². The molecule has 1 saturated carbocycles. The Labute approximate surface area is 139 Å². The highest BCUT2D eigenvalue weighted by molar-refractivity contribution is 5.78. The number of halogens is 3. The van der Waals surface area contributed by atoms with Crippen molar-refractivity contribution in [2.75, 3.05) is 6.54 Å². The molecule has 1 aliphatic rings. The van der Waals surface area contributed by atoms with Crippen LogP contribution in [0.25, 0.3) is 11.1 Å². The van der Waals surface area contributed by atoms with E-state index in [1.807, 2.05) is 13.8 Å². The van der Waals surface area contributed by atoms with Crippen molar-refractivity contribution < 1.29 is 17.6 Å². The van der Waals surface area contributed by atoms with Crippen molar-refractivity contribution >= 4 is 11.1 Å². The van der Waals surface area contributed by atoms with Crippen LogP contribution in [0.15, 0.2) is 16.5 Å². The predicted molar refractivity (Wildman–Crippen MR) is 86.8 cm³/mol. The lowest BCUT2D eigenvalue weighted by molar-refractivity contribution is -0.136. The Bertz CT molecular complexity index is 702. The van der Waals surface area contributed by atoms with E-state index in [0.29, 0.717) is 18.0 Å². The smallest absolute Gasteiger partial charge is 0.420 e. The van der Waals surface area contributed by atoms with Gasteiger partial charge in [-0.1, -0.05) is 33.1 Å². The number of oxazole rings is 1. The number of alkyl halides is 3. The van der Waals surface area contributed by atoms with Gasteiger partial charge in [0.05, 0.1) is 0 Å². The predicted octanol–water partition coefficient (Wildman–Crippen LogP) is 5.25. The molecule has 0 spiro atoms. The van der Waals surface area contributed by atoms with Crippen molar-refractivity contribution in [1.29, 1.82) is 0 Å². The third-order valence-corrected chi connectivity index (χ3v) is 4.65. The van der Waals surface area contributed by atoms with Gasteiger partial charge in [0.2, 0.25) is 0 Å². The minimum atomic E-state index is -4.45. The topological polar surface area (TPSA) is 38.1 Å². The second-order valence-corrected chi connectivity index (χ2v) is 6.96. The second kappa shape index (κ2) is 6.75. The Hall–Kier alpha value is -1.56. The first-order chi connectivity index (χ1) is 11.3. The van der Waals surface area contributed by atoms with Crippen molar-refractivity contribution in [2.45, 2.75) is 58.2 Å². The third kappa shape index (κ3) is 3.74. The van der Waals surface area contributed by atoms with Gasteiger partial charge in [-0.25, -0.2) is 4.98 Å². The van der Waals surface area contributed by atoms with Gasteiger partial charge in [0.15, 0.2) is 11.5 Å². The second-order valence-electron chi connectivity index (χ2n) is 6.96. The van der Waals surface area contributed by atoms with Crippen molar-refractivity contribution in [3.8, 4) is 0 Å². The maximum atomic E-state index is 13.3. The summed E-state index contributed by atoms with van der Waals surface area (Å²) in [6.45, 7) is 4.94. The molecule has 1 aromatic heterocycles. The summed E-state index contributed by atoms with van der Waals surface area (Å²) in [5, 5.41) is 3.25. The van der Waals surface area contributed by atoms with Crippen LogP contribution in [0.2, 0.25) is 0 Å². The minimum Gasteiger partial charge on any atom is -0.440 e. The summed E-state index contributed by atoms with van der Waals surface area (Å²) >= 11 is 0. The summed E-state index contributed by atoms with van der Waals surface area (Å²) in [7, 11) is 0. The van der Waals surface area contributed by atoms with Gasteiger partial charge in [-0.15, -0.1) is 0 Å². The molecule has 1 heterocycles. The first-order valence-electron chi connectivity index (χ1n) is 8.56. The molecular formula is C18H23F3N2O. The Morgan fingerprint density at radius 2 is 2.04 bits per heavy atom. The first kappa shape index (κ1) is 17.3. The highest BCUT2D eigenvalue weighted by atomic mass is 19.4. The molecular weight excluding hydrogens is 317 g/mol. The molecule has 1 aromatic carbocycles. The Balaban J connectivity index is 1.79. The largest absolute Gasteiger partial charge is 0.440 e. The van der Waals surface area contributed by atoms with E-state index in [1.54, 1.807) is 6.07 Å². The number of aromatic nitrogens is 1. The Morgan fingerprint density at radius 3 is 2.62 bits per heavy atom. The van der Waals surface area contributed by atoms with Crippen LogP contribution in [-0.4, -0.2) is 11.5 Å². The van der Waals surface area contributed by atoms with E-state index in [0.717, 1.165) is 18.9 Å². The number of fused-ring (bicyclic) bond motifs is 1. The molecule has 0 bridgehead atoms. The van der Waals surface area contributed by atoms with Gasteiger partial charge in [-0.3, -0.25) is 0 Å². The van der Waals surface area contributed by atoms with Gasteiger partial charge >= 0.3 is 6.18 Å². The van der Waals surface area contributed by atoms with Gasteiger partial charge in [0, 0.05) is 12.5 Å². The zero-order valence-electron chi connectivity index (χ0n) is 14.0. The van der Waals surface area contributed by atoms with E-state index < -0.39 is 11.7 Å². The van der Waals surface area contributed by atoms with Crippen molar-refractivity contribution in [2.24, 2.45) is 5.92 Å². The molecule has 1 N–H and O–H groups in total. The fourth-order valence-electron chi connectivity index (χ4n) is 2.99. The third-order valence-electron chi connectivity index (χ3n) is 4.65. The lowest BCUT2D eigenvalue weighted by atomic mass is 9.83. The molecule has 1 aliphatic carbocycles. The van der Waals surface area contributed by atoms with Gasteiger partial charge in [-0.05, 0) is 36.6 Å². The summed E-state index contributed by atoms with van der Waals surface area (Å²) in [4.78, 5) is 4.23. The van der Waals surface area contributed by atoms with E-state index in [2.05, 4.69) is 10.3 Å². The number of benzene rings is 1. The molecule has 0 radical (unpaired) electrons. The lowest BCUT2D eigenvalue weighted by Crippen LogP contribution is -2.21.